The molecule has 1 aliphatic rings. The van der Waals surface area contributed by atoms with Gasteiger partial charge in [0.1, 0.15) is 23.9 Å². The van der Waals surface area contributed by atoms with Gasteiger partial charge >= 0.3 is 0 Å². The summed E-state index contributed by atoms with van der Waals surface area (Å²) >= 11 is 6.45. The minimum absolute atomic E-state index is 0.152. The zero-order valence-electron chi connectivity index (χ0n) is 17.0. The number of nitrogens with zero attached hydrogens (tertiary/aromatic N) is 1. The van der Waals surface area contributed by atoms with E-state index in [9.17, 15) is 18.8 Å². The first-order valence-electron chi connectivity index (χ1n) is 9.72. The lowest BCUT2D eigenvalue weighted by Gasteiger charge is -2.12. The number of benzene rings is 3. The number of carbonyl (C=O) groups excluding carboxylic acids is 3. The molecule has 33 heavy (non-hydrogen) atoms. The number of carbonyl (C=O) groups is 3. The largest absolute Gasteiger partial charge is 0.457 e. The van der Waals surface area contributed by atoms with Crippen LogP contribution in [0.2, 0.25) is 5.02 Å². The fraction of sp³-hybridized carbons (Fsp3) is 0.0417. The second kappa shape index (κ2) is 9.89. The Bertz CT molecular complexity index is 1270. The van der Waals surface area contributed by atoms with Crippen LogP contribution < -0.4 is 10.1 Å². The molecule has 0 atom stereocenters. The van der Waals surface area contributed by atoms with E-state index in [1.165, 1.54) is 12.1 Å². The van der Waals surface area contributed by atoms with Crippen molar-refractivity contribution in [1.29, 1.82) is 0 Å². The highest BCUT2D eigenvalue weighted by atomic mass is 35.5. The third kappa shape index (κ3) is 5.60. The maximum Gasteiger partial charge on any atom is 0.294 e. The number of hydrogen-bond acceptors (Lipinski definition) is 5. The first-order chi connectivity index (χ1) is 15.9. The molecule has 1 heterocycles. The third-order valence-electron chi connectivity index (χ3n) is 4.51. The number of nitrogens with one attached hydrogen (secondary N) is 1. The Balaban J connectivity index is 1.43. The molecule has 0 radical (unpaired) electrons. The summed E-state index contributed by atoms with van der Waals surface area (Å²) in [6.45, 7) is -0.478. The van der Waals surface area contributed by atoms with Gasteiger partial charge in [-0.1, -0.05) is 41.9 Å². The SMILES string of the molecule is O=C(CN1C(=O)S/C(=C/c2cccc(Oc3ccccc3)c2)C1=O)Nc1ccc(F)c(Cl)c1. The normalized spacial score (nSPS) is 14.6. The van der Waals surface area contributed by atoms with Gasteiger partial charge in [-0.2, -0.15) is 0 Å². The Labute approximate surface area is 198 Å². The molecule has 1 saturated heterocycles. The van der Waals surface area contributed by atoms with Crippen molar-refractivity contribution < 1.29 is 23.5 Å². The van der Waals surface area contributed by atoms with Gasteiger partial charge in [0, 0.05) is 5.69 Å². The molecule has 0 bridgehead atoms. The predicted molar refractivity (Wildman–Crippen MR) is 126 cm³/mol. The maximum atomic E-state index is 13.3. The van der Waals surface area contributed by atoms with Gasteiger partial charge in [-0.05, 0) is 65.9 Å². The topological polar surface area (TPSA) is 75.7 Å². The van der Waals surface area contributed by atoms with Crippen molar-refractivity contribution in [2.24, 2.45) is 0 Å². The van der Waals surface area contributed by atoms with Gasteiger partial charge in [0.25, 0.3) is 11.1 Å². The van der Waals surface area contributed by atoms with Crippen LogP contribution in [0, 0.1) is 5.82 Å². The highest BCUT2D eigenvalue weighted by Gasteiger charge is 2.36. The molecule has 6 nitrogen and oxygen atoms in total. The summed E-state index contributed by atoms with van der Waals surface area (Å²) in [5.41, 5.74) is 0.920. The van der Waals surface area contributed by atoms with Gasteiger partial charge in [-0.3, -0.25) is 19.3 Å². The Kier molecular flexibility index (Phi) is 6.76. The van der Waals surface area contributed by atoms with Crippen molar-refractivity contribution in [1.82, 2.24) is 4.90 Å². The number of thioether (sulfide) groups is 1. The van der Waals surface area contributed by atoms with Crippen molar-refractivity contribution in [2.75, 3.05) is 11.9 Å². The van der Waals surface area contributed by atoms with Crippen LogP contribution in [0.4, 0.5) is 14.9 Å². The van der Waals surface area contributed by atoms with E-state index in [-0.39, 0.29) is 15.6 Å². The minimum Gasteiger partial charge on any atom is -0.457 e. The average molecular weight is 483 g/mol. The Hall–Kier alpha value is -3.62. The second-order valence-electron chi connectivity index (χ2n) is 6.93. The average Bonchev–Trinajstić information content (AvgIpc) is 3.04. The lowest BCUT2D eigenvalue weighted by Crippen LogP contribution is -2.36. The van der Waals surface area contributed by atoms with Crippen molar-refractivity contribution in [3.05, 3.63) is 94.1 Å². The van der Waals surface area contributed by atoms with Crippen LogP contribution >= 0.6 is 23.4 Å². The Morgan fingerprint density at radius 3 is 2.55 bits per heavy atom. The first-order valence-corrected chi connectivity index (χ1v) is 10.9. The molecule has 0 spiro atoms. The fourth-order valence-electron chi connectivity index (χ4n) is 3.00. The van der Waals surface area contributed by atoms with Crippen LogP contribution in [0.15, 0.2) is 77.7 Å². The van der Waals surface area contributed by atoms with Gasteiger partial charge in [-0.15, -0.1) is 0 Å². The van der Waals surface area contributed by atoms with Gasteiger partial charge in [0.2, 0.25) is 5.91 Å². The van der Waals surface area contributed by atoms with E-state index in [0.717, 1.165) is 22.7 Å². The zero-order valence-corrected chi connectivity index (χ0v) is 18.5. The summed E-state index contributed by atoms with van der Waals surface area (Å²) in [5.74, 6) is -0.565. The van der Waals surface area contributed by atoms with Gasteiger partial charge in [0.15, 0.2) is 0 Å². The summed E-state index contributed by atoms with van der Waals surface area (Å²) in [4.78, 5) is 38.4. The molecule has 9 heteroatoms. The smallest absolute Gasteiger partial charge is 0.294 e. The van der Waals surface area contributed by atoms with E-state index in [2.05, 4.69) is 5.32 Å². The van der Waals surface area contributed by atoms with Crippen LogP contribution in [0.5, 0.6) is 11.5 Å². The Morgan fingerprint density at radius 1 is 1.03 bits per heavy atom. The van der Waals surface area contributed by atoms with Crippen LogP contribution in [0.1, 0.15) is 5.56 Å². The predicted octanol–water partition coefficient (Wildman–Crippen LogP) is 5.95. The lowest BCUT2D eigenvalue weighted by atomic mass is 10.2. The number of imide groups is 1. The molecule has 1 aliphatic heterocycles. The molecule has 0 unspecified atom stereocenters. The van der Waals surface area contributed by atoms with Gasteiger partial charge < -0.3 is 10.1 Å². The molecule has 0 aromatic heterocycles. The van der Waals surface area contributed by atoms with Crippen molar-refractivity contribution in [2.45, 2.75) is 0 Å². The van der Waals surface area contributed by atoms with Crippen molar-refractivity contribution >= 4 is 52.2 Å². The standard InChI is InChI=1S/C24H16ClFN2O4S/c25-19-13-16(9-10-20(19)26)27-22(29)14-28-23(30)21(33-24(28)31)12-15-5-4-8-18(11-15)32-17-6-2-1-3-7-17/h1-13H,14H2,(H,27,29)/b21-12+. The molecule has 1 N–H and O–H groups in total. The quantitative estimate of drug-likeness (QED) is 0.439. The molecular formula is C24H16ClFN2O4S. The number of amides is 3. The van der Waals surface area contributed by atoms with Crippen LogP contribution in [0.3, 0.4) is 0 Å². The summed E-state index contributed by atoms with van der Waals surface area (Å²) in [6.07, 6.45) is 1.57. The van der Waals surface area contributed by atoms with Crippen molar-refractivity contribution in [3.63, 3.8) is 0 Å². The first kappa shape index (κ1) is 22.6. The number of ether oxygens (including phenoxy) is 1. The molecule has 1 fully saturated rings. The minimum atomic E-state index is -0.621. The number of halogens is 2. The molecule has 3 aromatic rings. The van der Waals surface area contributed by atoms with Crippen LogP contribution in [-0.4, -0.2) is 28.5 Å². The maximum absolute atomic E-state index is 13.3. The van der Waals surface area contributed by atoms with Crippen LogP contribution in [-0.2, 0) is 9.59 Å². The highest BCUT2D eigenvalue weighted by molar-refractivity contribution is 8.18. The fourth-order valence-corrected chi connectivity index (χ4v) is 4.02. The number of anilines is 1. The van der Waals surface area contributed by atoms with E-state index < -0.39 is 29.4 Å². The van der Waals surface area contributed by atoms with E-state index in [1.807, 2.05) is 30.3 Å². The molecule has 166 valence electrons. The number of hydrogen-bond donors (Lipinski definition) is 1. The lowest BCUT2D eigenvalue weighted by molar-refractivity contribution is -0.127. The molecule has 0 aliphatic carbocycles. The van der Waals surface area contributed by atoms with Crippen LogP contribution in [0.25, 0.3) is 6.08 Å². The monoisotopic (exact) mass is 482 g/mol. The van der Waals surface area contributed by atoms with Gasteiger partial charge in [-0.25, -0.2) is 4.39 Å². The molecule has 3 aromatic carbocycles. The van der Waals surface area contributed by atoms with E-state index in [4.69, 9.17) is 16.3 Å². The number of rotatable bonds is 6. The van der Waals surface area contributed by atoms with E-state index in [0.29, 0.717) is 17.1 Å². The van der Waals surface area contributed by atoms with E-state index in [1.54, 1.807) is 30.3 Å². The summed E-state index contributed by atoms with van der Waals surface area (Å²) in [7, 11) is 0. The zero-order chi connectivity index (χ0) is 23.4. The van der Waals surface area contributed by atoms with Crippen molar-refractivity contribution in [3.8, 4) is 11.5 Å². The highest BCUT2D eigenvalue weighted by Crippen LogP contribution is 2.33. The molecule has 0 saturated carbocycles. The second-order valence-corrected chi connectivity index (χ2v) is 8.33. The third-order valence-corrected chi connectivity index (χ3v) is 5.71. The van der Waals surface area contributed by atoms with Gasteiger partial charge in [0.05, 0.1) is 9.93 Å². The Morgan fingerprint density at radius 2 is 1.79 bits per heavy atom. The summed E-state index contributed by atoms with van der Waals surface area (Å²) in [6, 6.07) is 20.0. The summed E-state index contributed by atoms with van der Waals surface area (Å²) in [5, 5.41) is 1.78. The molecule has 4 rings (SSSR count). The molecular weight excluding hydrogens is 467 g/mol. The van der Waals surface area contributed by atoms with E-state index >= 15 is 0 Å². The number of para-hydroxylation sites is 1. The molecule has 3 amide bonds. The summed E-state index contributed by atoms with van der Waals surface area (Å²) < 4.78 is 19.1.